The maximum Gasteiger partial charge on any atom is 0.246 e. The number of anilines is 1. The molecule has 6 nitrogen and oxygen atoms in total. The van der Waals surface area contributed by atoms with E-state index in [-0.39, 0.29) is 24.1 Å². The highest BCUT2D eigenvalue weighted by Crippen LogP contribution is 2.25. The van der Waals surface area contributed by atoms with E-state index in [1.165, 1.54) is 0 Å². The van der Waals surface area contributed by atoms with Gasteiger partial charge in [0.15, 0.2) is 6.29 Å². The molecule has 1 aromatic carbocycles. The van der Waals surface area contributed by atoms with Gasteiger partial charge in [-0.25, -0.2) is 0 Å². The highest BCUT2D eigenvalue weighted by atomic mass is 16.7. The van der Waals surface area contributed by atoms with E-state index in [0.29, 0.717) is 19.6 Å². The lowest BCUT2D eigenvalue weighted by molar-refractivity contribution is -0.145. The number of piperidine rings is 1. The van der Waals surface area contributed by atoms with E-state index >= 15 is 0 Å². The smallest absolute Gasteiger partial charge is 0.246 e. The molecule has 0 bridgehead atoms. The van der Waals surface area contributed by atoms with Gasteiger partial charge in [0.2, 0.25) is 11.8 Å². The molecule has 3 aliphatic heterocycles. The molecule has 0 spiro atoms. The van der Waals surface area contributed by atoms with E-state index in [4.69, 9.17) is 9.47 Å². The van der Waals surface area contributed by atoms with Crippen LogP contribution in [0.15, 0.2) is 30.3 Å². The molecule has 3 saturated heterocycles. The minimum atomic E-state index is -0.292. The molecule has 6 heteroatoms. The van der Waals surface area contributed by atoms with Crippen LogP contribution in [-0.2, 0) is 19.1 Å². The lowest BCUT2D eigenvalue weighted by Gasteiger charge is -2.37. The van der Waals surface area contributed by atoms with Crippen LogP contribution in [0.3, 0.4) is 0 Å². The van der Waals surface area contributed by atoms with Crippen molar-refractivity contribution in [2.24, 2.45) is 0 Å². The van der Waals surface area contributed by atoms with Crippen molar-refractivity contribution in [2.45, 2.75) is 44.4 Å². The third-order valence-electron chi connectivity index (χ3n) is 5.49. The molecule has 1 atom stereocenters. The number of rotatable bonds is 4. The number of carbonyl (C=O) groups is 2. The first-order valence-corrected chi connectivity index (χ1v) is 9.85. The van der Waals surface area contributed by atoms with Crippen LogP contribution in [0.25, 0.3) is 6.08 Å². The monoisotopic (exact) mass is 370 g/mol. The highest BCUT2D eigenvalue weighted by molar-refractivity contribution is 5.95. The van der Waals surface area contributed by atoms with Gasteiger partial charge in [-0.3, -0.25) is 9.59 Å². The lowest BCUT2D eigenvalue weighted by Crippen LogP contribution is -2.49. The second-order valence-electron chi connectivity index (χ2n) is 7.28. The number of nitrogens with zero attached hydrogens (tertiary/aromatic N) is 2. The van der Waals surface area contributed by atoms with Gasteiger partial charge >= 0.3 is 0 Å². The quantitative estimate of drug-likeness (QED) is 0.765. The zero-order chi connectivity index (χ0) is 18.6. The van der Waals surface area contributed by atoms with Crippen molar-refractivity contribution < 1.29 is 19.1 Å². The van der Waals surface area contributed by atoms with Gasteiger partial charge in [-0.05, 0) is 49.5 Å². The van der Waals surface area contributed by atoms with E-state index in [2.05, 4.69) is 0 Å². The molecule has 3 heterocycles. The molecule has 27 heavy (non-hydrogen) atoms. The van der Waals surface area contributed by atoms with Crippen molar-refractivity contribution in [3.05, 3.63) is 35.9 Å². The van der Waals surface area contributed by atoms with Gasteiger partial charge in [0.1, 0.15) is 0 Å². The Morgan fingerprint density at radius 1 is 1.04 bits per heavy atom. The largest absolute Gasteiger partial charge is 0.348 e. The Bertz CT molecular complexity index is 709. The van der Waals surface area contributed by atoms with Gasteiger partial charge < -0.3 is 19.3 Å². The van der Waals surface area contributed by atoms with E-state index in [1.54, 1.807) is 6.08 Å². The number of likely N-dealkylation sites (tertiary alicyclic amines) is 1. The molecule has 1 unspecified atom stereocenters. The predicted octanol–water partition coefficient (Wildman–Crippen LogP) is 2.58. The molecule has 2 amide bonds. The fourth-order valence-electron chi connectivity index (χ4n) is 4.06. The molecule has 144 valence electrons. The topological polar surface area (TPSA) is 59.1 Å². The van der Waals surface area contributed by atoms with E-state index in [9.17, 15) is 9.59 Å². The summed E-state index contributed by atoms with van der Waals surface area (Å²) in [6.45, 7) is 2.73. The number of hydrogen-bond donors (Lipinski definition) is 0. The Kier molecular flexibility index (Phi) is 5.55. The molecule has 0 N–H and O–H groups in total. The van der Waals surface area contributed by atoms with Crippen LogP contribution < -0.4 is 4.90 Å². The summed E-state index contributed by atoms with van der Waals surface area (Å²) in [5.41, 5.74) is 1.87. The number of amides is 2. The summed E-state index contributed by atoms with van der Waals surface area (Å²) in [7, 11) is 0. The molecule has 0 aliphatic carbocycles. The molecule has 0 radical (unpaired) electrons. The van der Waals surface area contributed by atoms with Crippen molar-refractivity contribution in [1.29, 1.82) is 0 Å². The van der Waals surface area contributed by atoms with E-state index in [0.717, 1.165) is 50.0 Å². The number of ether oxygens (including phenoxy) is 2. The second-order valence-corrected chi connectivity index (χ2v) is 7.28. The average molecular weight is 370 g/mol. The summed E-state index contributed by atoms with van der Waals surface area (Å²) >= 11 is 0. The predicted molar refractivity (Wildman–Crippen MR) is 102 cm³/mol. The summed E-state index contributed by atoms with van der Waals surface area (Å²) in [5, 5.41) is 0. The average Bonchev–Trinajstić information content (AvgIpc) is 3.38. The summed E-state index contributed by atoms with van der Waals surface area (Å²) in [6.07, 6.45) is 7.74. The number of benzene rings is 1. The van der Waals surface area contributed by atoms with E-state index in [1.807, 2.05) is 40.1 Å². The van der Waals surface area contributed by atoms with Crippen molar-refractivity contribution in [3.8, 4) is 0 Å². The van der Waals surface area contributed by atoms with Crippen molar-refractivity contribution in [3.63, 3.8) is 0 Å². The molecule has 3 aliphatic rings. The lowest BCUT2D eigenvalue weighted by atomic mass is 10.0. The standard InChI is InChI=1S/C21H26N2O4/c24-19-5-3-13-22(19)17-9-6-16(7-10-17)8-11-20(25)23-12-2-1-4-18(23)21-26-14-15-27-21/h6-11,18,21H,1-5,12-15H2/b11-8+. The van der Waals surface area contributed by atoms with Crippen LogP contribution in [-0.4, -0.2) is 55.3 Å². The fourth-order valence-corrected chi connectivity index (χ4v) is 4.06. The minimum absolute atomic E-state index is 0.00181. The maximum absolute atomic E-state index is 12.7. The normalized spacial score (nSPS) is 24.3. The Labute approximate surface area is 159 Å². The first kappa shape index (κ1) is 18.2. The molecule has 4 rings (SSSR count). The second kappa shape index (κ2) is 8.23. The minimum Gasteiger partial charge on any atom is -0.348 e. The summed E-state index contributed by atoms with van der Waals surface area (Å²) < 4.78 is 11.3. The van der Waals surface area contributed by atoms with Crippen LogP contribution in [0.2, 0.25) is 0 Å². The molecule has 1 aromatic rings. The number of carbonyl (C=O) groups excluding carboxylic acids is 2. The third kappa shape index (κ3) is 4.06. The Balaban J connectivity index is 1.40. The Morgan fingerprint density at radius 2 is 1.81 bits per heavy atom. The van der Waals surface area contributed by atoms with Crippen molar-refractivity contribution in [2.75, 3.05) is 31.2 Å². The first-order valence-electron chi connectivity index (χ1n) is 9.85. The van der Waals surface area contributed by atoms with Gasteiger partial charge in [-0.15, -0.1) is 0 Å². The summed E-state index contributed by atoms with van der Waals surface area (Å²) in [5.74, 6) is 0.179. The van der Waals surface area contributed by atoms with E-state index < -0.39 is 0 Å². The third-order valence-corrected chi connectivity index (χ3v) is 5.49. The van der Waals surface area contributed by atoms with Gasteiger partial charge in [-0.2, -0.15) is 0 Å². The SMILES string of the molecule is O=C1CCCN1c1ccc(/C=C/C(=O)N2CCCCC2C2OCCO2)cc1. The fraction of sp³-hybridized carbons (Fsp3) is 0.524. The molecule has 3 fully saturated rings. The zero-order valence-electron chi connectivity index (χ0n) is 15.5. The van der Waals surface area contributed by atoms with Crippen LogP contribution in [0.4, 0.5) is 5.69 Å². The summed E-state index contributed by atoms with van der Waals surface area (Å²) in [6, 6.07) is 7.78. The highest BCUT2D eigenvalue weighted by Gasteiger charge is 2.35. The van der Waals surface area contributed by atoms with Crippen molar-refractivity contribution in [1.82, 2.24) is 4.90 Å². The van der Waals surface area contributed by atoms with Crippen LogP contribution in [0, 0.1) is 0 Å². The first-order chi connectivity index (χ1) is 13.2. The molecule has 0 aromatic heterocycles. The zero-order valence-corrected chi connectivity index (χ0v) is 15.5. The summed E-state index contributed by atoms with van der Waals surface area (Å²) in [4.78, 5) is 28.3. The molecular weight excluding hydrogens is 344 g/mol. The van der Waals surface area contributed by atoms with Crippen LogP contribution in [0.5, 0.6) is 0 Å². The Morgan fingerprint density at radius 3 is 2.52 bits per heavy atom. The van der Waals surface area contributed by atoms with Gasteiger partial charge in [0, 0.05) is 31.3 Å². The molecular formula is C21H26N2O4. The molecule has 0 saturated carbocycles. The van der Waals surface area contributed by atoms with Gasteiger partial charge in [-0.1, -0.05) is 12.1 Å². The van der Waals surface area contributed by atoms with Gasteiger partial charge in [0.05, 0.1) is 19.3 Å². The van der Waals surface area contributed by atoms with Crippen LogP contribution >= 0.6 is 0 Å². The number of hydrogen-bond acceptors (Lipinski definition) is 4. The van der Waals surface area contributed by atoms with Crippen molar-refractivity contribution >= 4 is 23.6 Å². The van der Waals surface area contributed by atoms with Gasteiger partial charge in [0.25, 0.3) is 0 Å². The van der Waals surface area contributed by atoms with Crippen LogP contribution in [0.1, 0.15) is 37.7 Å². The Hall–Kier alpha value is -2.18. The maximum atomic E-state index is 12.7.